The van der Waals surface area contributed by atoms with Crippen LogP contribution in [-0.2, 0) is 21.1 Å². The number of nitrogens with two attached hydrogens (primary N) is 1. The Morgan fingerprint density at radius 3 is 2.54 bits per heavy atom. The van der Waals surface area contributed by atoms with E-state index in [1.54, 1.807) is 19.1 Å². The molecule has 10 heteroatoms. The van der Waals surface area contributed by atoms with Crippen LogP contribution in [0.5, 0.6) is 5.75 Å². The Morgan fingerprint density at radius 1 is 1.32 bits per heavy atom. The topological polar surface area (TPSA) is 132 Å². The molecular weight excluding hydrogens is 406 g/mol. The number of carbonyl (C=O) groups excluding carboxylic acids is 1. The zero-order valence-corrected chi connectivity index (χ0v) is 16.6. The number of sulfone groups is 1. The first kappa shape index (κ1) is 23.4. The van der Waals surface area contributed by atoms with E-state index < -0.39 is 20.6 Å². The molecule has 2 aromatic rings. The Kier molecular flexibility index (Phi) is 8.40. The summed E-state index contributed by atoms with van der Waals surface area (Å²) in [6.07, 6.45) is 2.53. The van der Waals surface area contributed by atoms with E-state index in [0.29, 0.717) is 11.3 Å². The molecule has 0 aliphatic heterocycles. The number of pyridine rings is 1. The van der Waals surface area contributed by atoms with Gasteiger partial charge in [0.25, 0.3) is 5.91 Å². The van der Waals surface area contributed by atoms with Gasteiger partial charge >= 0.3 is 0 Å². The van der Waals surface area contributed by atoms with Crippen molar-refractivity contribution in [2.24, 2.45) is 5.73 Å². The minimum atomic E-state index is -4.36. The number of hydroxylamine groups is 1. The molecular formula is C18H20ClN3O5S. The van der Waals surface area contributed by atoms with Crippen molar-refractivity contribution in [3.05, 3.63) is 54.4 Å². The van der Waals surface area contributed by atoms with Crippen molar-refractivity contribution in [1.82, 2.24) is 10.5 Å². The maximum absolute atomic E-state index is 13.0. The molecule has 0 radical (unpaired) electrons. The van der Waals surface area contributed by atoms with E-state index in [1.165, 1.54) is 42.1 Å². The number of hydrogen-bond donors (Lipinski definition) is 3. The third kappa shape index (κ3) is 4.99. The highest BCUT2D eigenvalue weighted by molar-refractivity contribution is 7.93. The fourth-order valence-corrected chi connectivity index (χ4v) is 3.88. The van der Waals surface area contributed by atoms with Crippen molar-refractivity contribution in [2.45, 2.75) is 23.1 Å². The molecule has 0 saturated carbocycles. The Morgan fingerprint density at radius 2 is 2.00 bits per heavy atom. The number of aromatic nitrogens is 1. The molecule has 8 nitrogen and oxygen atoms in total. The van der Waals surface area contributed by atoms with Crippen molar-refractivity contribution in [3.63, 3.8) is 0 Å². The molecule has 1 heterocycles. The van der Waals surface area contributed by atoms with Crippen molar-refractivity contribution in [2.75, 3.05) is 6.61 Å². The molecule has 1 atom stereocenters. The predicted molar refractivity (Wildman–Crippen MR) is 105 cm³/mol. The third-order valence-electron chi connectivity index (χ3n) is 3.78. The summed E-state index contributed by atoms with van der Waals surface area (Å²) in [7, 11) is -4.36. The van der Waals surface area contributed by atoms with Crippen LogP contribution in [0.3, 0.4) is 0 Å². The van der Waals surface area contributed by atoms with Gasteiger partial charge in [-0.15, -0.1) is 18.3 Å². The number of rotatable bonds is 7. The van der Waals surface area contributed by atoms with Gasteiger partial charge < -0.3 is 10.5 Å². The molecule has 28 heavy (non-hydrogen) atoms. The first-order valence-electron chi connectivity index (χ1n) is 7.84. The van der Waals surface area contributed by atoms with Crippen LogP contribution >= 0.6 is 12.4 Å². The summed E-state index contributed by atoms with van der Waals surface area (Å²) in [5, 5.41) is 9.03. The molecule has 150 valence electrons. The zero-order chi connectivity index (χ0) is 19.9. The van der Waals surface area contributed by atoms with Gasteiger partial charge in [-0.25, -0.2) is 13.9 Å². The molecule has 0 bridgehead atoms. The second-order valence-corrected chi connectivity index (χ2v) is 7.77. The van der Waals surface area contributed by atoms with Crippen LogP contribution in [0, 0.1) is 11.8 Å². The largest absolute Gasteiger partial charge is 0.481 e. The van der Waals surface area contributed by atoms with Crippen molar-refractivity contribution < 1.29 is 23.2 Å². The Labute approximate surface area is 169 Å². The number of amides is 1. The lowest BCUT2D eigenvalue weighted by atomic mass is 10.1. The van der Waals surface area contributed by atoms with Gasteiger partial charge in [0.1, 0.15) is 12.4 Å². The molecule has 0 saturated heterocycles. The third-order valence-corrected chi connectivity index (χ3v) is 5.96. The van der Waals surface area contributed by atoms with E-state index in [0.717, 1.165) is 0 Å². The van der Waals surface area contributed by atoms with Gasteiger partial charge in [0, 0.05) is 18.8 Å². The Hall–Kier alpha value is -2.64. The predicted octanol–water partition coefficient (Wildman–Crippen LogP) is 1.08. The van der Waals surface area contributed by atoms with E-state index in [4.69, 9.17) is 15.7 Å². The van der Waals surface area contributed by atoms with Crippen molar-refractivity contribution in [3.8, 4) is 17.6 Å². The van der Waals surface area contributed by atoms with Crippen molar-refractivity contribution in [1.29, 1.82) is 0 Å². The van der Waals surface area contributed by atoms with Gasteiger partial charge in [-0.05, 0) is 42.8 Å². The maximum atomic E-state index is 13.0. The Balaban J connectivity index is 0.00000392. The molecule has 1 aromatic carbocycles. The molecule has 1 unspecified atom stereocenters. The molecule has 1 amide bonds. The minimum Gasteiger partial charge on any atom is -0.481 e. The Bertz CT molecular complexity index is 956. The number of benzene rings is 1. The summed E-state index contributed by atoms with van der Waals surface area (Å²) < 4.78 is 31.4. The number of ether oxygens (including phenoxy) is 1. The average Bonchev–Trinajstić information content (AvgIpc) is 2.68. The van der Waals surface area contributed by atoms with E-state index >= 15 is 0 Å². The first-order chi connectivity index (χ1) is 12.8. The highest BCUT2D eigenvalue weighted by Crippen LogP contribution is 2.27. The lowest BCUT2D eigenvalue weighted by molar-refractivity contribution is -0.131. The second kappa shape index (κ2) is 10.1. The molecule has 4 N–H and O–H groups in total. The molecule has 2 rings (SSSR count). The normalized spacial score (nSPS) is 12.5. The fourth-order valence-electron chi connectivity index (χ4n) is 2.31. The SMILES string of the molecule is CC#CCOc1ccc(S(=O)(=O)C(N)(Cc2cccnc2)C(=O)NO)cc1.Cl. The lowest BCUT2D eigenvalue weighted by Crippen LogP contribution is -2.60. The lowest BCUT2D eigenvalue weighted by Gasteiger charge is -2.27. The first-order valence-corrected chi connectivity index (χ1v) is 9.33. The van der Waals surface area contributed by atoms with Crippen LogP contribution in [-0.4, -0.2) is 36.0 Å². The standard InChI is InChI=1S/C18H19N3O5S.ClH/c1-2-3-11-26-15-6-8-16(9-7-15)27(24,25)18(19,17(22)21-23)12-14-5-4-10-20-13-14;/h4-10,13,23H,11-12,19H2,1H3,(H,21,22);1H. The van der Waals surface area contributed by atoms with Gasteiger partial charge in [0.05, 0.1) is 4.90 Å². The smallest absolute Gasteiger partial charge is 0.279 e. The van der Waals surface area contributed by atoms with Crippen LogP contribution < -0.4 is 16.0 Å². The summed E-state index contributed by atoms with van der Waals surface area (Å²) in [4.78, 5) is 13.4. The van der Waals surface area contributed by atoms with Crippen LogP contribution in [0.4, 0.5) is 0 Å². The van der Waals surface area contributed by atoms with Crippen LogP contribution in [0.25, 0.3) is 0 Å². The van der Waals surface area contributed by atoms with Crippen LogP contribution in [0.15, 0.2) is 53.7 Å². The fraction of sp³-hybridized carbons (Fsp3) is 0.222. The summed E-state index contributed by atoms with van der Waals surface area (Å²) in [5.41, 5.74) is 7.76. The maximum Gasteiger partial charge on any atom is 0.279 e. The summed E-state index contributed by atoms with van der Waals surface area (Å²) in [6, 6.07) is 8.60. The van der Waals surface area contributed by atoms with Gasteiger partial charge in [-0.3, -0.25) is 15.0 Å². The number of carbonyl (C=O) groups is 1. The second-order valence-electron chi connectivity index (χ2n) is 5.56. The molecule has 0 spiro atoms. The summed E-state index contributed by atoms with van der Waals surface area (Å²) >= 11 is 0. The average molecular weight is 426 g/mol. The number of halogens is 1. The van der Waals surface area contributed by atoms with Gasteiger partial charge in [0.15, 0.2) is 0 Å². The monoisotopic (exact) mass is 425 g/mol. The van der Waals surface area contributed by atoms with Crippen LogP contribution in [0.1, 0.15) is 12.5 Å². The summed E-state index contributed by atoms with van der Waals surface area (Å²) in [5.74, 6) is 4.56. The highest BCUT2D eigenvalue weighted by atomic mass is 35.5. The van der Waals surface area contributed by atoms with E-state index in [1.807, 2.05) is 0 Å². The molecule has 1 aromatic heterocycles. The summed E-state index contributed by atoms with van der Waals surface area (Å²) in [6.45, 7) is 1.84. The number of hydrogen-bond acceptors (Lipinski definition) is 7. The highest BCUT2D eigenvalue weighted by Gasteiger charge is 2.48. The molecule has 0 aliphatic rings. The van der Waals surface area contributed by atoms with Crippen LogP contribution in [0.2, 0.25) is 0 Å². The zero-order valence-electron chi connectivity index (χ0n) is 15.0. The minimum absolute atomic E-state index is 0. The van der Waals surface area contributed by atoms with Gasteiger partial charge in [0.2, 0.25) is 14.7 Å². The molecule has 0 fully saturated rings. The van der Waals surface area contributed by atoms with Gasteiger partial charge in [-0.2, -0.15) is 0 Å². The van der Waals surface area contributed by atoms with E-state index in [2.05, 4.69) is 16.8 Å². The van der Waals surface area contributed by atoms with E-state index in [9.17, 15) is 13.2 Å². The van der Waals surface area contributed by atoms with Gasteiger partial charge in [-0.1, -0.05) is 12.0 Å². The number of nitrogens with one attached hydrogen (secondary N) is 1. The van der Waals surface area contributed by atoms with Crippen molar-refractivity contribution >= 4 is 28.2 Å². The quantitative estimate of drug-likeness (QED) is 0.343. The van der Waals surface area contributed by atoms with E-state index in [-0.39, 0.29) is 30.3 Å². The number of nitrogens with zero attached hydrogens (tertiary/aromatic N) is 1. The molecule has 0 aliphatic carbocycles.